The number of hydrogen-bond acceptors (Lipinski definition) is 3. The molecule has 0 aliphatic carbocycles. The van der Waals surface area contributed by atoms with Crippen LogP contribution in [0.5, 0.6) is 0 Å². The van der Waals surface area contributed by atoms with Gasteiger partial charge in [-0.1, -0.05) is 19.9 Å². The third kappa shape index (κ3) is 2.78. The third-order valence-corrected chi connectivity index (χ3v) is 3.96. The summed E-state index contributed by atoms with van der Waals surface area (Å²) in [6, 6.07) is 6.20. The van der Waals surface area contributed by atoms with Gasteiger partial charge in [-0.05, 0) is 25.0 Å². The SMILES string of the molecule is CCC1(CC)COC(c2ccc(F)c(C#N)c2)OC1. The first-order valence-electron chi connectivity index (χ1n) is 6.57. The Balaban J connectivity index is 2.12. The summed E-state index contributed by atoms with van der Waals surface area (Å²) in [5.74, 6) is -0.515. The fourth-order valence-corrected chi connectivity index (χ4v) is 2.22. The number of halogens is 1. The maximum Gasteiger partial charge on any atom is 0.183 e. The zero-order valence-corrected chi connectivity index (χ0v) is 11.3. The molecule has 1 aliphatic heterocycles. The highest BCUT2D eigenvalue weighted by Crippen LogP contribution is 2.36. The molecule has 1 saturated heterocycles. The van der Waals surface area contributed by atoms with Crippen LogP contribution in [-0.4, -0.2) is 13.2 Å². The van der Waals surface area contributed by atoms with Crippen LogP contribution in [0.2, 0.25) is 0 Å². The maximum atomic E-state index is 13.3. The first kappa shape index (κ1) is 14.0. The van der Waals surface area contributed by atoms with E-state index in [0.717, 1.165) is 12.8 Å². The Labute approximate surface area is 112 Å². The molecule has 0 radical (unpaired) electrons. The number of benzene rings is 1. The van der Waals surface area contributed by atoms with Crippen molar-refractivity contribution in [3.63, 3.8) is 0 Å². The summed E-state index contributed by atoms with van der Waals surface area (Å²) in [4.78, 5) is 0. The summed E-state index contributed by atoms with van der Waals surface area (Å²) < 4.78 is 24.8. The number of hydrogen-bond donors (Lipinski definition) is 0. The molecular weight excluding hydrogens is 245 g/mol. The molecule has 1 aromatic carbocycles. The molecule has 0 unspecified atom stereocenters. The number of ether oxygens (including phenoxy) is 2. The summed E-state index contributed by atoms with van der Waals surface area (Å²) in [7, 11) is 0. The van der Waals surface area contributed by atoms with Crippen molar-refractivity contribution >= 4 is 0 Å². The third-order valence-electron chi connectivity index (χ3n) is 3.96. The topological polar surface area (TPSA) is 42.2 Å². The van der Waals surface area contributed by atoms with E-state index in [1.165, 1.54) is 12.1 Å². The Kier molecular flexibility index (Phi) is 4.18. The normalized spacial score (nSPS) is 19.1. The number of nitriles is 1. The molecular formula is C15H18FNO2. The van der Waals surface area contributed by atoms with Crippen LogP contribution in [0, 0.1) is 22.6 Å². The van der Waals surface area contributed by atoms with Crippen molar-refractivity contribution in [2.24, 2.45) is 5.41 Å². The fourth-order valence-electron chi connectivity index (χ4n) is 2.22. The van der Waals surface area contributed by atoms with E-state index in [2.05, 4.69) is 13.8 Å². The predicted molar refractivity (Wildman–Crippen MR) is 68.8 cm³/mol. The van der Waals surface area contributed by atoms with Gasteiger partial charge in [-0.3, -0.25) is 0 Å². The minimum atomic E-state index is -0.515. The van der Waals surface area contributed by atoms with Gasteiger partial charge in [0.15, 0.2) is 6.29 Å². The fraction of sp³-hybridized carbons (Fsp3) is 0.533. The van der Waals surface area contributed by atoms with Crippen LogP contribution in [0.1, 0.15) is 44.1 Å². The molecule has 1 aliphatic rings. The highest BCUT2D eigenvalue weighted by molar-refractivity contribution is 5.35. The van der Waals surface area contributed by atoms with E-state index in [4.69, 9.17) is 14.7 Å². The van der Waals surface area contributed by atoms with Crippen molar-refractivity contribution in [2.45, 2.75) is 33.0 Å². The average molecular weight is 263 g/mol. The van der Waals surface area contributed by atoms with Gasteiger partial charge < -0.3 is 9.47 Å². The van der Waals surface area contributed by atoms with Crippen molar-refractivity contribution in [3.05, 3.63) is 35.1 Å². The minimum absolute atomic E-state index is 0.0209. The van der Waals surface area contributed by atoms with Crippen LogP contribution in [0.4, 0.5) is 4.39 Å². The standard InChI is InChI=1S/C15H18FNO2/c1-3-15(4-2)9-18-14(19-10-15)11-5-6-13(16)12(7-11)8-17/h5-7,14H,3-4,9-10H2,1-2H3. The summed E-state index contributed by atoms with van der Waals surface area (Å²) in [6.45, 7) is 5.51. The molecule has 19 heavy (non-hydrogen) atoms. The lowest BCUT2D eigenvalue weighted by Gasteiger charge is -2.39. The smallest absolute Gasteiger partial charge is 0.183 e. The Hall–Kier alpha value is -1.44. The number of nitrogens with zero attached hydrogens (tertiary/aromatic N) is 1. The van der Waals surface area contributed by atoms with Gasteiger partial charge in [-0.15, -0.1) is 0 Å². The lowest BCUT2D eigenvalue weighted by molar-refractivity contribution is -0.235. The van der Waals surface area contributed by atoms with Gasteiger partial charge in [-0.25, -0.2) is 4.39 Å². The molecule has 4 heteroatoms. The van der Waals surface area contributed by atoms with Crippen molar-refractivity contribution in [1.29, 1.82) is 5.26 Å². The van der Waals surface area contributed by atoms with Gasteiger partial charge in [0.05, 0.1) is 18.8 Å². The highest BCUT2D eigenvalue weighted by Gasteiger charge is 2.34. The first-order valence-corrected chi connectivity index (χ1v) is 6.57. The van der Waals surface area contributed by atoms with Crippen LogP contribution < -0.4 is 0 Å². The van der Waals surface area contributed by atoms with Crippen molar-refractivity contribution in [3.8, 4) is 6.07 Å². The Morgan fingerprint density at radius 3 is 2.47 bits per heavy atom. The summed E-state index contributed by atoms with van der Waals surface area (Å²) in [5.41, 5.74) is 0.792. The van der Waals surface area contributed by atoms with Gasteiger partial charge in [0, 0.05) is 11.0 Å². The second kappa shape index (κ2) is 5.68. The summed E-state index contributed by atoms with van der Waals surface area (Å²) >= 11 is 0. The minimum Gasteiger partial charge on any atom is -0.348 e. The Bertz CT molecular complexity index is 481. The zero-order chi connectivity index (χ0) is 13.9. The van der Waals surface area contributed by atoms with E-state index in [9.17, 15) is 4.39 Å². The molecule has 102 valence electrons. The largest absolute Gasteiger partial charge is 0.348 e. The summed E-state index contributed by atoms with van der Waals surface area (Å²) in [5, 5.41) is 8.83. The van der Waals surface area contributed by atoms with E-state index in [0.29, 0.717) is 18.8 Å². The molecule has 3 nitrogen and oxygen atoms in total. The quantitative estimate of drug-likeness (QED) is 0.837. The first-order chi connectivity index (χ1) is 9.14. The molecule has 0 bridgehead atoms. The van der Waals surface area contributed by atoms with E-state index < -0.39 is 12.1 Å². The van der Waals surface area contributed by atoms with Gasteiger partial charge in [0.1, 0.15) is 11.9 Å². The second-order valence-corrected chi connectivity index (χ2v) is 5.01. The molecule has 0 amide bonds. The molecule has 0 spiro atoms. The van der Waals surface area contributed by atoms with E-state index in [1.54, 1.807) is 6.07 Å². The van der Waals surface area contributed by atoms with Crippen molar-refractivity contribution in [2.75, 3.05) is 13.2 Å². The van der Waals surface area contributed by atoms with Crippen molar-refractivity contribution < 1.29 is 13.9 Å². The van der Waals surface area contributed by atoms with Gasteiger partial charge >= 0.3 is 0 Å². The van der Waals surface area contributed by atoms with Crippen LogP contribution in [0.25, 0.3) is 0 Å². The predicted octanol–water partition coefficient (Wildman–Crippen LogP) is 3.55. The molecule has 1 aromatic rings. The monoisotopic (exact) mass is 263 g/mol. The molecule has 1 fully saturated rings. The van der Waals surface area contributed by atoms with E-state index in [-0.39, 0.29) is 11.0 Å². The average Bonchev–Trinajstić information content (AvgIpc) is 2.48. The van der Waals surface area contributed by atoms with Gasteiger partial charge in [0.25, 0.3) is 0 Å². The maximum absolute atomic E-state index is 13.3. The molecule has 0 N–H and O–H groups in total. The number of rotatable bonds is 3. The molecule has 0 saturated carbocycles. The van der Waals surface area contributed by atoms with Crippen LogP contribution >= 0.6 is 0 Å². The second-order valence-electron chi connectivity index (χ2n) is 5.01. The van der Waals surface area contributed by atoms with E-state index >= 15 is 0 Å². The Morgan fingerprint density at radius 1 is 1.32 bits per heavy atom. The van der Waals surface area contributed by atoms with Crippen molar-refractivity contribution in [1.82, 2.24) is 0 Å². The van der Waals surface area contributed by atoms with Crippen LogP contribution in [-0.2, 0) is 9.47 Å². The van der Waals surface area contributed by atoms with Crippen LogP contribution in [0.15, 0.2) is 18.2 Å². The zero-order valence-electron chi connectivity index (χ0n) is 11.3. The lowest BCUT2D eigenvalue weighted by atomic mass is 9.83. The molecule has 1 heterocycles. The van der Waals surface area contributed by atoms with Gasteiger partial charge in [0.2, 0.25) is 0 Å². The highest BCUT2D eigenvalue weighted by atomic mass is 19.1. The summed E-state index contributed by atoms with van der Waals surface area (Å²) in [6.07, 6.45) is 1.51. The molecule has 0 atom stereocenters. The molecule has 2 rings (SSSR count). The Morgan fingerprint density at radius 2 is 1.95 bits per heavy atom. The molecule has 0 aromatic heterocycles. The van der Waals surface area contributed by atoms with E-state index in [1.807, 2.05) is 6.07 Å². The lowest BCUT2D eigenvalue weighted by Crippen LogP contribution is -2.37. The van der Waals surface area contributed by atoms with Crippen LogP contribution in [0.3, 0.4) is 0 Å². The van der Waals surface area contributed by atoms with Gasteiger partial charge in [-0.2, -0.15) is 5.26 Å².